The molecule has 0 bridgehead atoms. The Kier molecular flexibility index (Phi) is 3.66. The van der Waals surface area contributed by atoms with Gasteiger partial charge >= 0.3 is 6.03 Å². The molecule has 3 aromatic heterocycles. The molecule has 0 radical (unpaired) electrons. The van der Waals surface area contributed by atoms with Crippen LogP contribution in [0.15, 0.2) is 30.1 Å². The number of carbonyl (C=O) groups excluding carboxylic acids is 2. The number of nitrogens with zero attached hydrogens (tertiary/aromatic N) is 3. The molecule has 3 aromatic rings. The third kappa shape index (κ3) is 3.04. The van der Waals surface area contributed by atoms with Crippen molar-refractivity contribution in [1.82, 2.24) is 25.2 Å². The summed E-state index contributed by atoms with van der Waals surface area (Å²) in [4.78, 5) is 28.8. The van der Waals surface area contributed by atoms with E-state index in [-0.39, 0.29) is 5.70 Å². The van der Waals surface area contributed by atoms with Gasteiger partial charge in [-0.2, -0.15) is 9.61 Å². The number of nitrogens with one attached hydrogen (secondary N) is 3. The monoisotopic (exact) mass is 400 g/mol. The van der Waals surface area contributed by atoms with Gasteiger partial charge in [-0.3, -0.25) is 10.1 Å². The molecule has 1 saturated heterocycles. The Hall–Kier alpha value is -2.91. The van der Waals surface area contributed by atoms with E-state index in [1.165, 1.54) is 11.3 Å². The number of amides is 3. The van der Waals surface area contributed by atoms with E-state index in [1.807, 2.05) is 18.2 Å². The molecule has 1 aliphatic carbocycles. The second-order valence-corrected chi connectivity index (χ2v) is 8.07. The van der Waals surface area contributed by atoms with Gasteiger partial charge in [0.2, 0.25) is 0 Å². The topological polar surface area (TPSA) is 100 Å². The van der Waals surface area contributed by atoms with Crippen molar-refractivity contribution < 1.29 is 9.59 Å². The number of aromatic nitrogens is 3. The van der Waals surface area contributed by atoms with Crippen LogP contribution in [0.25, 0.3) is 22.3 Å². The van der Waals surface area contributed by atoms with Gasteiger partial charge in [0.25, 0.3) is 5.91 Å². The molecular formula is C17H13ClN6O2S. The van der Waals surface area contributed by atoms with E-state index in [9.17, 15) is 9.59 Å². The van der Waals surface area contributed by atoms with E-state index < -0.39 is 11.9 Å². The quantitative estimate of drug-likeness (QED) is 0.462. The van der Waals surface area contributed by atoms with Crippen LogP contribution in [0.4, 0.5) is 10.6 Å². The maximum atomic E-state index is 11.8. The van der Waals surface area contributed by atoms with Crippen LogP contribution < -0.4 is 16.0 Å². The highest BCUT2D eigenvalue weighted by molar-refractivity contribution is 7.19. The Bertz CT molecular complexity index is 1130. The van der Waals surface area contributed by atoms with E-state index in [1.54, 1.807) is 16.8 Å². The van der Waals surface area contributed by atoms with Gasteiger partial charge in [0.15, 0.2) is 5.65 Å². The lowest BCUT2D eigenvalue weighted by Crippen LogP contribution is -2.22. The normalized spacial score (nSPS) is 18.2. The molecule has 1 aliphatic heterocycles. The molecule has 4 heterocycles. The summed E-state index contributed by atoms with van der Waals surface area (Å²) in [6, 6.07) is 5.59. The number of hydrogen-bond acceptors (Lipinski definition) is 6. The van der Waals surface area contributed by atoms with Crippen LogP contribution in [0.1, 0.15) is 18.4 Å². The summed E-state index contributed by atoms with van der Waals surface area (Å²) in [7, 11) is 0. The summed E-state index contributed by atoms with van der Waals surface area (Å²) in [6.45, 7) is 0. The standard InChI is InChI=1S/C17H13ClN6O2S/c18-13-4-3-12(27-13)10-6-14(20-9-1-2-9)24-15(21-10)8(7-19-24)5-11-16(25)23-17(26)22-11/h3-7,9,20H,1-2H2,(H2,22,23,25,26)/b11-5-. The second-order valence-electron chi connectivity index (χ2n) is 6.35. The fraction of sp³-hybridized carbons (Fsp3) is 0.176. The Morgan fingerprint density at radius 3 is 2.81 bits per heavy atom. The van der Waals surface area contributed by atoms with Crippen LogP contribution in [0.2, 0.25) is 4.34 Å². The summed E-state index contributed by atoms with van der Waals surface area (Å²) < 4.78 is 2.39. The first-order chi connectivity index (χ1) is 13.1. The van der Waals surface area contributed by atoms with E-state index in [2.05, 4.69) is 21.0 Å². The molecule has 136 valence electrons. The molecule has 0 spiro atoms. The van der Waals surface area contributed by atoms with Crippen LogP contribution in [-0.2, 0) is 4.79 Å². The van der Waals surface area contributed by atoms with Crippen molar-refractivity contribution in [2.75, 3.05) is 5.32 Å². The van der Waals surface area contributed by atoms with Gasteiger partial charge in [0, 0.05) is 17.7 Å². The van der Waals surface area contributed by atoms with Gasteiger partial charge < -0.3 is 10.6 Å². The lowest BCUT2D eigenvalue weighted by molar-refractivity contribution is -0.115. The van der Waals surface area contributed by atoms with Gasteiger partial charge in [-0.15, -0.1) is 11.3 Å². The van der Waals surface area contributed by atoms with Crippen molar-refractivity contribution in [3.8, 4) is 10.6 Å². The summed E-state index contributed by atoms with van der Waals surface area (Å²) in [5.74, 6) is 0.350. The molecule has 3 N–H and O–H groups in total. The third-order valence-electron chi connectivity index (χ3n) is 4.27. The van der Waals surface area contributed by atoms with E-state index in [0.717, 1.165) is 29.2 Å². The van der Waals surface area contributed by atoms with Crippen molar-refractivity contribution in [3.05, 3.63) is 40.0 Å². The van der Waals surface area contributed by atoms with Crippen LogP contribution in [0.3, 0.4) is 0 Å². The minimum absolute atomic E-state index is 0.165. The zero-order valence-corrected chi connectivity index (χ0v) is 15.4. The largest absolute Gasteiger partial charge is 0.367 e. The van der Waals surface area contributed by atoms with Crippen LogP contribution in [0.5, 0.6) is 0 Å². The average molecular weight is 401 g/mol. The Morgan fingerprint density at radius 2 is 2.15 bits per heavy atom. The first kappa shape index (κ1) is 16.3. The van der Waals surface area contributed by atoms with Gasteiger partial charge in [-0.25, -0.2) is 9.78 Å². The minimum Gasteiger partial charge on any atom is -0.367 e. The number of imide groups is 1. The fourth-order valence-electron chi connectivity index (χ4n) is 2.84. The van der Waals surface area contributed by atoms with E-state index in [4.69, 9.17) is 16.6 Å². The number of carbonyl (C=O) groups is 2. The fourth-order valence-corrected chi connectivity index (χ4v) is 3.84. The van der Waals surface area contributed by atoms with Crippen LogP contribution in [-0.4, -0.2) is 32.6 Å². The number of rotatable bonds is 4. The van der Waals surface area contributed by atoms with Gasteiger partial charge in [-0.05, 0) is 31.1 Å². The highest BCUT2D eigenvalue weighted by Crippen LogP contribution is 2.33. The van der Waals surface area contributed by atoms with E-state index >= 15 is 0 Å². The highest BCUT2D eigenvalue weighted by atomic mass is 35.5. The summed E-state index contributed by atoms with van der Waals surface area (Å²) in [5, 5.41) is 12.5. The van der Waals surface area contributed by atoms with Gasteiger partial charge in [-0.1, -0.05) is 11.6 Å². The predicted octanol–water partition coefficient (Wildman–Crippen LogP) is 2.87. The number of thiophene rings is 1. The maximum absolute atomic E-state index is 11.8. The molecule has 2 aliphatic rings. The molecule has 27 heavy (non-hydrogen) atoms. The molecule has 8 nitrogen and oxygen atoms in total. The maximum Gasteiger partial charge on any atom is 0.326 e. The molecule has 1 saturated carbocycles. The number of urea groups is 1. The molecule has 10 heteroatoms. The first-order valence-electron chi connectivity index (χ1n) is 8.32. The lowest BCUT2D eigenvalue weighted by atomic mass is 10.2. The predicted molar refractivity (Wildman–Crippen MR) is 103 cm³/mol. The molecular weight excluding hydrogens is 388 g/mol. The number of halogens is 1. The summed E-state index contributed by atoms with van der Waals surface area (Å²) in [5.41, 5.74) is 2.15. The van der Waals surface area contributed by atoms with Gasteiger partial charge in [0.05, 0.1) is 21.1 Å². The van der Waals surface area contributed by atoms with E-state index in [0.29, 0.717) is 21.6 Å². The zero-order chi connectivity index (χ0) is 18.5. The molecule has 3 amide bonds. The van der Waals surface area contributed by atoms with Crippen molar-refractivity contribution in [1.29, 1.82) is 0 Å². The average Bonchev–Trinajstić information content (AvgIpc) is 3.04. The van der Waals surface area contributed by atoms with Gasteiger partial charge in [0.1, 0.15) is 11.5 Å². The first-order valence-corrected chi connectivity index (χ1v) is 9.51. The smallest absolute Gasteiger partial charge is 0.326 e. The Labute approximate surface area is 162 Å². The lowest BCUT2D eigenvalue weighted by Gasteiger charge is -2.09. The minimum atomic E-state index is -0.541. The van der Waals surface area contributed by atoms with Crippen molar-refractivity contribution in [2.24, 2.45) is 0 Å². The SMILES string of the molecule is O=C1NC(=O)/C(=C/c2cnn3c(NC4CC4)cc(-c4ccc(Cl)s4)nc23)N1. The number of hydrogen-bond donors (Lipinski definition) is 3. The van der Waals surface area contributed by atoms with Crippen molar-refractivity contribution in [2.45, 2.75) is 18.9 Å². The van der Waals surface area contributed by atoms with Crippen LogP contribution >= 0.6 is 22.9 Å². The number of anilines is 1. The highest BCUT2D eigenvalue weighted by Gasteiger charge is 2.25. The number of fused-ring (bicyclic) bond motifs is 1. The second kappa shape index (κ2) is 6.07. The summed E-state index contributed by atoms with van der Waals surface area (Å²) >= 11 is 7.52. The molecule has 0 unspecified atom stereocenters. The molecule has 2 fully saturated rings. The Morgan fingerprint density at radius 1 is 1.30 bits per heavy atom. The molecule has 0 aromatic carbocycles. The summed E-state index contributed by atoms with van der Waals surface area (Å²) in [6.07, 6.45) is 5.43. The third-order valence-corrected chi connectivity index (χ3v) is 5.53. The van der Waals surface area contributed by atoms with Crippen molar-refractivity contribution >= 4 is 52.4 Å². The molecule has 0 atom stereocenters. The van der Waals surface area contributed by atoms with Crippen molar-refractivity contribution in [3.63, 3.8) is 0 Å². The Balaban J connectivity index is 1.65. The van der Waals surface area contributed by atoms with Crippen LogP contribution in [0, 0.1) is 0 Å². The zero-order valence-electron chi connectivity index (χ0n) is 13.8. The molecule has 5 rings (SSSR count).